The Morgan fingerprint density at radius 2 is 1.96 bits per heavy atom. The molecule has 2 aromatic rings. The summed E-state index contributed by atoms with van der Waals surface area (Å²) in [6.45, 7) is 2.72. The van der Waals surface area contributed by atoms with Gasteiger partial charge in [-0.25, -0.2) is 4.39 Å². The summed E-state index contributed by atoms with van der Waals surface area (Å²) in [5, 5.41) is 0.296. The fourth-order valence-electron chi connectivity index (χ4n) is 1.90. The highest BCUT2D eigenvalue weighted by molar-refractivity contribution is 7.99. The molecule has 0 aliphatic rings. The molecule has 9 heteroatoms. The molecule has 0 atom stereocenters. The molecule has 23 heavy (non-hydrogen) atoms. The average Bonchev–Trinajstić information content (AvgIpc) is 2.49. The quantitative estimate of drug-likeness (QED) is 0.765. The summed E-state index contributed by atoms with van der Waals surface area (Å²) in [4.78, 5) is 25.4. The number of carbonyl (C=O) groups excluding carboxylic acids is 1. The molecular formula is C14H17FN6OS. The first-order chi connectivity index (χ1) is 11.0. The highest BCUT2D eigenvalue weighted by atomic mass is 32.2. The van der Waals surface area contributed by atoms with Gasteiger partial charge in [-0.05, 0) is 24.6 Å². The molecule has 1 amide bonds. The fourth-order valence-corrected chi connectivity index (χ4v) is 2.65. The first-order valence-electron chi connectivity index (χ1n) is 6.90. The number of rotatable bonds is 6. The van der Waals surface area contributed by atoms with Crippen molar-refractivity contribution in [2.45, 2.75) is 18.6 Å². The van der Waals surface area contributed by atoms with Crippen LogP contribution in [-0.4, -0.2) is 38.1 Å². The predicted molar refractivity (Wildman–Crippen MR) is 86.9 cm³/mol. The Hall–Kier alpha value is -2.42. The number of amides is 1. The zero-order chi connectivity index (χ0) is 16.8. The zero-order valence-electron chi connectivity index (χ0n) is 12.6. The van der Waals surface area contributed by atoms with Crippen molar-refractivity contribution in [1.29, 1.82) is 0 Å². The third-order valence-corrected chi connectivity index (χ3v) is 3.80. The molecule has 0 radical (unpaired) electrons. The number of hydrogen-bond donors (Lipinski definition) is 2. The molecular weight excluding hydrogens is 319 g/mol. The molecule has 1 aromatic carbocycles. The van der Waals surface area contributed by atoms with Gasteiger partial charge in [0, 0.05) is 13.1 Å². The fraction of sp³-hybridized carbons (Fsp3) is 0.286. The normalized spacial score (nSPS) is 10.5. The smallest absolute Gasteiger partial charge is 0.233 e. The van der Waals surface area contributed by atoms with Crippen molar-refractivity contribution in [2.24, 2.45) is 0 Å². The van der Waals surface area contributed by atoms with Gasteiger partial charge in [0.15, 0.2) is 5.16 Å². The number of carbonyl (C=O) groups is 1. The Kier molecular flexibility index (Phi) is 5.69. The number of nitrogen functional groups attached to an aromatic ring is 2. The SMILES string of the molecule is CCN(Cc1cccc(F)c1)C(=O)CSc1nc(N)nc(N)n1. The zero-order valence-corrected chi connectivity index (χ0v) is 13.4. The van der Waals surface area contributed by atoms with Gasteiger partial charge in [0.25, 0.3) is 0 Å². The lowest BCUT2D eigenvalue weighted by atomic mass is 10.2. The summed E-state index contributed by atoms with van der Waals surface area (Å²) in [7, 11) is 0. The molecule has 0 saturated heterocycles. The van der Waals surface area contributed by atoms with Gasteiger partial charge in [0.1, 0.15) is 5.82 Å². The van der Waals surface area contributed by atoms with Gasteiger partial charge >= 0.3 is 0 Å². The molecule has 2 rings (SSSR count). The van der Waals surface area contributed by atoms with Crippen molar-refractivity contribution in [1.82, 2.24) is 19.9 Å². The van der Waals surface area contributed by atoms with Gasteiger partial charge < -0.3 is 16.4 Å². The van der Waals surface area contributed by atoms with Crippen molar-refractivity contribution in [3.8, 4) is 0 Å². The lowest BCUT2D eigenvalue weighted by Gasteiger charge is -2.20. The van der Waals surface area contributed by atoms with Crippen LogP contribution in [0, 0.1) is 5.82 Å². The number of nitrogens with two attached hydrogens (primary N) is 2. The van der Waals surface area contributed by atoms with Crippen molar-refractivity contribution in [3.63, 3.8) is 0 Å². The summed E-state index contributed by atoms with van der Waals surface area (Å²) in [6, 6.07) is 6.18. The molecule has 0 aliphatic carbocycles. The second-order valence-corrected chi connectivity index (χ2v) is 5.60. The van der Waals surface area contributed by atoms with E-state index in [0.717, 1.165) is 17.3 Å². The van der Waals surface area contributed by atoms with Crippen LogP contribution in [0.4, 0.5) is 16.3 Å². The van der Waals surface area contributed by atoms with Gasteiger partial charge in [-0.3, -0.25) is 4.79 Å². The van der Waals surface area contributed by atoms with Crippen LogP contribution in [0.2, 0.25) is 0 Å². The third kappa shape index (κ3) is 5.06. The average molecular weight is 336 g/mol. The molecule has 0 bridgehead atoms. The van der Waals surface area contributed by atoms with Crippen LogP contribution in [0.25, 0.3) is 0 Å². The highest BCUT2D eigenvalue weighted by Gasteiger charge is 2.14. The Bertz CT molecular complexity index is 678. The number of hydrogen-bond acceptors (Lipinski definition) is 7. The summed E-state index contributed by atoms with van der Waals surface area (Å²) >= 11 is 1.13. The number of nitrogens with zero attached hydrogens (tertiary/aromatic N) is 4. The number of halogens is 1. The second kappa shape index (κ2) is 7.73. The molecule has 122 valence electrons. The lowest BCUT2D eigenvalue weighted by Crippen LogP contribution is -2.31. The Morgan fingerprint density at radius 3 is 2.57 bits per heavy atom. The molecule has 4 N–H and O–H groups in total. The van der Waals surface area contributed by atoms with Crippen LogP contribution in [0.3, 0.4) is 0 Å². The van der Waals surface area contributed by atoms with E-state index < -0.39 is 0 Å². The van der Waals surface area contributed by atoms with Crippen LogP contribution in [0.1, 0.15) is 12.5 Å². The van der Waals surface area contributed by atoms with Crippen molar-refractivity contribution in [3.05, 3.63) is 35.6 Å². The van der Waals surface area contributed by atoms with E-state index in [4.69, 9.17) is 11.5 Å². The number of anilines is 2. The van der Waals surface area contributed by atoms with Crippen molar-refractivity contribution < 1.29 is 9.18 Å². The minimum atomic E-state index is -0.323. The van der Waals surface area contributed by atoms with E-state index in [2.05, 4.69) is 15.0 Å². The van der Waals surface area contributed by atoms with Crippen molar-refractivity contribution >= 4 is 29.6 Å². The largest absolute Gasteiger partial charge is 0.368 e. The standard InChI is InChI=1S/C14H17FN6OS/c1-2-21(7-9-4-3-5-10(15)6-9)11(22)8-23-14-19-12(16)18-13(17)20-14/h3-6H,2,7-8H2,1H3,(H4,16,17,18,19,20). The van der Waals surface area contributed by atoms with Gasteiger partial charge in [-0.15, -0.1) is 0 Å². The molecule has 1 aromatic heterocycles. The van der Waals surface area contributed by atoms with Gasteiger partial charge in [-0.1, -0.05) is 23.9 Å². The Labute approximate surface area is 137 Å². The van der Waals surface area contributed by atoms with Crippen LogP contribution in [0.15, 0.2) is 29.4 Å². The van der Waals surface area contributed by atoms with E-state index in [1.54, 1.807) is 17.0 Å². The van der Waals surface area contributed by atoms with Crippen LogP contribution in [-0.2, 0) is 11.3 Å². The maximum Gasteiger partial charge on any atom is 0.233 e. The van der Waals surface area contributed by atoms with Crippen LogP contribution in [0.5, 0.6) is 0 Å². The molecule has 0 fully saturated rings. The third-order valence-electron chi connectivity index (χ3n) is 2.97. The maximum absolute atomic E-state index is 13.2. The second-order valence-electron chi connectivity index (χ2n) is 4.66. The van der Waals surface area contributed by atoms with Gasteiger partial charge in [-0.2, -0.15) is 15.0 Å². The summed E-state index contributed by atoms with van der Waals surface area (Å²) in [6.07, 6.45) is 0. The van der Waals surface area contributed by atoms with Gasteiger partial charge in [0.2, 0.25) is 17.8 Å². The van der Waals surface area contributed by atoms with Crippen molar-refractivity contribution in [2.75, 3.05) is 23.8 Å². The predicted octanol–water partition coefficient (Wildman–Crippen LogP) is 1.32. The Morgan fingerprint density at radius 1 is 1.26 bits per heavy atom. The lowest BCUT2D eigenvalue weighted by molar-refractivity contribution is -0.128. The summed E-state index contributed by atoms with van der Waals surface area (Å²) < 4.78 is 13.2. The van der Waals surface area contributed by atoms with E-state index in [-0.39, 0.29) is 29.4 Å². The van der Waals surface area contributed by atoms with E-state index in [1.165, 1.54) is 12.1 Å². The van der Waals surface area contributed by atoms with Crippen LogP contribution < -0.4 is 11.5 Å². The monoisotopic (exact) mass is 336 g/mol. The molecule has 0 saturated carbocycles. The Balaban J connectivity index is 1.97. The maximum atomic E-state index is 13.2. The first kappa shape index (κ1) is 16.9. The highest BCUT2D eigenvalue weighted by Crippen LogP contribution is 2.16. The summed E-state index contributed by atoms with van der Waals surface area (Å²) in [5.74, 6) is -0.276. The molecule has 0 spiro atoms. The summed E-state index contributed by atoms with van der Waals surface area (Å²) in [5.41, 5.74) is 11.7. The van der Waals surface area contributed by atoms with E-state index >= 15 is 0 Å². The van der Waals surface area contributed by atoms with E-state index in [9.17, 15) is 9.18 Å². The van der Waals surface area contributed by atoms with Gasteiger partial charge in [0.05, 0.1) is 5.75 Å². The van der Waals surface area contributed by atoms with Crippen LogP contribution >= 0.6 is 11.8 Å². The minimum Gasteiger partial charge on any atom is -0.368 e. The van der Waals surface area contributed by atoms with E-state index in [1.807, 2.05) is 6.92 Å². The number of thioether (sulfide) groups is 1. The van der Waals surface area contributed by atoms with E-state index in [0.29, 0.717) is 18.2 Å². The topological polar surface area (TPSA) is 111 Å². The molecule has 0 unspecified atom stereocenters. The molecule has 0 aliphatic heterocycles. The molecule has 1 heterocycles. The minimum absolute atomic E-state index is 0.0135. The number of aromatic nitrogens is 3. The molecule has 7 nitrogen and oxygen atoms in total. The first-order valence-corrected chi connectivity index (χ1v) is 7.88. The number of benzene rings is 1.